The zero-order valence-corrected chi connectivity index (χ0v) is 10.8. The van der Waals surface area contributed by atoms with Crippen LogP contribution in [0.2, 0.25) is 10.0 Å². The number of morpholine rings is 1. The highest BCUT2D eigenvalue weighted by molar-refractivity contribution is 6.42. The van der Waals surface area contributed by atoms with Crippen LogP contribution in [0.5, 0.6) is 0 Å². The first kappa shape index (κ1) is 12.2. The number of hydrogen-bond acceptors (Lipinski definition) is 2. The maximum atomic E-state index is 6.02. The minimum Gasteiger partial charge on any atom is -0.379 e. The van der Waals surface area contributed by atoms with Crippen molar-refractivity contribution in [2.75, 3.05) is 26.3 Å². The lowest BCUT2D eigenvalue weighted by Crippen LogP contribution is -2.38. The summed E-state index contributed by atoms with van der Waals surface area (Å²) in [5.41, 5.74) is 1.20. The molecule has 1 aromatic carbocycles. The van der Waals surface area contributed by atoms with Crippen LogP contribution in [0, 0.1) is 0 Å². The van der Waals surface area contributed by atoms with Gasteiger partial charge in [0.1, 0.15) is 0 Å². The molecule has 0 aromatic heterocycles. The highest BCUT2D eigenvalue weighted by Crippen LogP contribution is 2.28. The van der Waals surface area contributed by atoms with E-state index in [4.69, 9.17) is 27.9 Å². The molecule has 0 saturated carbocycles. The molecule has 1 heterocycles. The molecule has 0 amide bonds. The predicted octanol–water partition coefficient (Wildman–Crippen LogP) is 3.39. The Kier molecular flexibility index (Phi) is 4.09. The number of halogens is 2. The van der Waals surface area contributed by atoms with Crippen molar-refractivity contribution >= 4 is 23.2 Å². The molecule has 0 N–H and O–H groups in total. The molecule has 0 unspecified atom stereocenters. The topological polar surface area (TPSA) is 12.5 Å². The van der Waals surface area contributed by atoms with Gasteiger partial charge >= 0.3 is 0 Å². The van der Waals surface area contributed by atoms with E-state index in [0.29, 0.717) is 16.1 Å². The van der Waals surface area contributed by atoms with Crippen molar-refractivity contribution in [2.24, 2.45) is 0 Å². The maximum absolute atomic E-state index is 6.02. The molecule has 1 fully saturated rings. The Bertz CT molecular complexity index is 364. The number of nitrogens with zero attached hydrogens (tertiary/aromatic N) is 1. The summed E-state index contributed by atoms with van der Waals surface area (Å²) in [4.78, 5) is 2.39. The molecule has 88 valence electrons. The second kappa shape index (κ2) is 5.37. The quantitative estimate of drug-likeness (QED) is 0.808. The van der Waals surface area contributed by atoms with Crippen LogP contribution < -0.4 is 0 Å². The van der Waals surface area contributed by atoms with Gasteiger partial charge in [-0.15, -0.1) is 0 Å². The Hall–Kier alpha value is -0.280. The summed E-state index contributed by atoms with van der Waals surface area (Å²) in [6.07, 6.45) is 0. The summed E-state index contributed by atoms with van der Waals surface area (Å²) in [6, 6.07) is 6.20. The molecule has 1 atom stereocenters. The van der Waals surface area contributed by atoms with E-state index in [1.54, 1.807) is 0 Å². The molecule has 0 spiro atoms. The molecular formula is C12H15Cl2NO. The molecule has 1 aliphatic heterocycles. The Morgan fingerprint density at radius 3 is 2.50 bits per heavy atom. The van der Waals surface area contributed by atoms with E-state index >= 15 is 0 Å². The number of rotatable bonds is 2. The monoisotopic (exact) mass is 259 g/mol. The fourth-order valence-corrected chi connectivity index (χ4v) is 2.25. The lowest BCUT2D eigenvalue weighted by Gasteiger charge is -2.32. The van der Waals surface area contributed by atoms with E-state index in [2.05, 4.69) is 11.8 Å². The van der Waals surface area contributed by atoms with Crippen LogP contribution in [0.25, 0.3) is 0 Å². The van der Waals surface area contributed by atoms with Crippen molar-refractivity contribution < 1.29 is 4.74 Å². The van der Waals surface area contributed by atoms with Crippen molar-refractivity contribution in [1.82, 2.24) is 4.90 Å². The Labute approximate surface area is 106 Å². The van der Waals surface area contributed by atoms with Gasteiger partial charge in [-0.2, -0.15) is 0 Å². The van der Waals surface area contributed by atoms with Gasteiger partial charge in [0.15, 0.2) is 0 Å². The fraction of sp³-hybridized carbons (Fsp3) is 0.500. The van der Waals surface area contributed by atoms with E-state index in [1.807, 2.05) is 18.2 Å². The average Bonchev–Trinajstić information content (AvgIpc) is 2.33. The molecule has 1 aromatic rings. The largest absolute Gasteiger partial charge is 0.379 e. The zero-order valence-electron chi connectivity index (χ0n) is 9.25. The molecular weight excluding hydrogens is 245 g/mol. The van der Waals surface area contributed by atoms with Gasteiger partial charge in [-0.1, -0.05) is 29.3 Å². The van der Waals surface area contributed by atoms with Crippen molar-refractivity contribution in [3.8, 4) is 0 Å². The summed E-state index contributed by atoms with van der Waals surface area (Å²) in [7, 11) is 0. The van der Waals surface area contributed by atoms with Crippen molar-refractivity contribution in [3.63, 3.8) is 0 Å². The number of hydrogen-bond donors (Lipinski definition) is 0. The molecule has 16 heavy (non-hydrogen) atoms. The van der Waals surface area contributed by atoms with Gasteiger partial charge in [-0.25, -0.2) is 0 Å². The first-order chi connectivity index (χ1) is 7.68. The van der Waals surface area contributed by atoms with E-state index in [9.17, 15) is 0 Å². The van der Waals surface area contributed by atoms with E-state index in [-0.39, 0.29) is 0 Å². The summed E-state index contributed by atoms with van der Waals surface area (Å²) in [5, 5.41) is 1.24. The van der Waals surface area contributed by atoms with Crippen LogP contribution in [0.1, 0.15) is 18.5 Å². The standard InChI is InChI=1S/C12H15Cl2NO/c1-9(15-4-6-16-7-5-15)10-2-3-11(13)12(14)8-10/h2-3,8-9H,4-7H2,1H3/t9-/m1/s1. The molecule has 0 aliphatic carbocycles. The van der Waals surface area contributed by atoms with Gasteiger partial charge in [0, 0.05) is 19.1 Å². The first-order valence-electron chi connectivity index (χ1n) is 5.45. The van der Waals surface area contributed by atoms with Crippen molar-refractivity contribution in [3.05, 3.63) is 33.8 Å². The molecule has 1 saturated heterocycles. The van der Waals surface area contributed by atoms with Crippen molar-refractivity contribution in [1.29, 1.82) is 0 Å². The third kappa shape index (κ3) is 2.69. The SMILES string of the molecule is C[C@H](c1ccc(Cl)c(Cl)c1)N1CCOCC1. The van der Waals surface area contributed by atoms with Crippen LogP contribution in [-0.4, -0.2) is 31.2 Å². The van der Waals surface area contributed by atoms with Crippen LogP contribution in [0.4, 0.5) is 0 Å². The van der Waals surface area contributed by atoms with Gasteiger partial charge in [0.2, 0.25) is 0 Å². The third-order valence-electron chi connectivity index (χ3n) is 3.02. The Morgan fingerprint density at radius 1 is 1.19 bits per heavy atom. The lowest BCUT2D eigenvalue weighted by atomic mass is 10.1. The van der Waals surface area contributed by atoms with Crippen LogP contribution in [0.3, 0.4) is 0 Å². The Balaban J connectivity index is 2.12. The number of ether oxygens (including phenoxy) is 1. The second-order valence-electron chi connectivity index (χ2n) is 4.00. The van der Waals surface area contributed by atoms with Crippen LogP contribution >= 0.6 is 23.2 Å². The highest BCUT2D eigenvalue weighted by atomic mass is 35.5. The minimum absolute atomic E-state index is 0.360. The summed E-state index contributed by atoms with van der Waals surface area (Å²) < 4.78 is 5.34. The van der Waals surface area contributed by atoms with Gasteiger partial charge in [-0.05, 0) is 24.6 Å². The van der Waals surface area contributed by atoms with Crippen LogP contribution in [0.15, 0.2) is 18.2 Å². The molecule has 0 bridgehead atoms. The summed E-state index contributed by atoms with van der Waals surface area (Å²) in [6.45, 7) is 5.75. The fourth-order valence-electron chi connectivity index (χ4n) is 1.95. The molecule has 4 heteroatoms. The molecule has 0 radical (unpaired) electrons. The highest BCUT2D eigenvalue weighted by Gasteiger charge is 2.18. The number of benzene rings is 1. The van der Waals surface area contributed by atoms with Gasteiger partial charge in [0.25, 0.3) is 0 Å². The summed E-state index contributed by atoms with van der Waals surface area (Å²) >= 11 is 11.9. The second-order valence-corrected chi connectivity index (χ2v) is 4.81. The van der Waals surface area contributed by atoms with Crippen molar-refractivity contribution in [2.45, 2.75) is 13.0 Å². The van der Waals surface area contributed by atoms with Crippen LogP contribution in [-0.2, 0) is 4.74 Å². The third-order valence-corrected chi connectivity index (χ3v) is 3.76. The van der Waals surface area contributed by atoms with E-state index < -0.39 is 0 Å². The first-order valence-corrected chi connectivity index (χ1v) is 6.21. The maximum Gasteiger partial charge on any atom is 0.0595 e. The Morgan fingerprint density at radius 2 is 1.88 bits per heavy atom. The molecule has 2 rings (SSSR count). The van der Waals surface area contributed by atoms with Gasteiger partial charge < -0.3 is 4.74 Å². The molecule has 2 nitrogen and oxygen atoms in total. The van der Waals surface area contributed by atoms with Gasteiger partial charge in [0.05, 0.1) is 23.3 Å². The predicted molar refractivity (Wildman–Crippen MR) is 67.3 cm³/mol. The minimum atomic E-state index is 0.360. The van der Waals surface area contributed by atoms with E-state index in [0.717, 1.165) is 26.3 Å². The smallest absolute Gasteiger partial charge is 0.0595 e. The van der Waals surface area contributed by atoms with Gasteiger partial charge in [-0.3, -0.25) is 4.90 Å². The average molecular weight is 260 g/mol. The normalized spacial score (nSPS) is 19.7. The molecule has 1 aliphatic rings. The lowest BCUT2D eigenvalue weighted by molar-refractivity contribution is 0.0198. The van der Waals surface area contributed by atoms with E-state index in [1.165, 1.54) is 5.56 Å². The zero-order chi connectivity index (χ0) is 11.5. The summed E-state index contributed by atoms with van der Waals surface area (Å²) in [5.74, 6) is 0.